The molecule has 0 aromatic heterocycles. The van der Waals surface area contributed by atoms with Crippen molar-refractivity contribution in [3.8, 4) is 0 Å². The lowest BCUT2D eigenvalue weighted by molar-refractivity contribution is -0.301. The highest BCUT2D eigenvalue weighted by molar-refractivity contribution is 5.74. The standard InChI is InChI=1S/C67H114O12/c1-4-7-10-13-16-19-22-25-28-29-30-31-34-35-38-41-44-47-50-53-59(68)75-56-58(77-60(69)54-51-48-45-42-39-36-32-26-23-20-17-14-11-8-5-2)57-76-67-65(63(72)62(71)64(79-67)66(73)74)78-61(70)55-52-49-46-43-40-37-33-27-24-21-18-15-12-9-6-3/h8,11,17-18,20-21,26-27,32-33,39,42,58,62-65,67,71-72H,4-7,9-10,12-16,19,22-25,28-31,34-38,40-41,43-57H2,1-3H3,(H,73,74)/b11-8-,20-17-,21-18-,32-26-,33-27-,42-39-. The second kappa shape index (κ2) is 54.7. The molecule has 1 fully saturated rings. The zero-order chi connectivity index (χ0) is 57.5. The van der Waals surface area contributed by atoms with E-state index in [1.54, 1.807) is 0 Å². The van der Waals surface area contributed by atoms with E-state index in [0.29, 0.717) is 19.3 Å². The van der Waals surface area contributed by atoms with Crippen LogP contribution in [0.25, 0.3) is 0 Å². The molecule has 0 aromatic rings. The SMILES string of the molecule is CC/C=C\C/C=C\C/C=C\C/C=C\CCCCC(=O)OC(COC(=O)CCCCCCCCCCCCCCCCCCCCC)COC1OC(C(=O)O)C(O)C(O)C1OC(=O)CCCCCCC/C=C\C/C=C\CCCCC. The molecule has 12 nitrogen and oxygen atoms in total. The van der Waals surface area contributed by atoms with Crippen molar-refractivity contribution < 1.29 is 58.2 Å². The van der Waals surface area contributed by atoms with E-state index >= 15 is 0 Å². The van der Waals surface area contributed by atoms with Gasteiger partial charge >= 0.3 is 23.9 Å². The van der Waals surface area contributed by atoms with Crippen LogP contribution in [0, 0.1) is 0 Å². The highest BCUT2D eigenvalue weighted by atomic mass is 16.7. The third kappa shape index (κ3) is 44.5. The van der Waals surface area contributed by atoms with Crippen molar-refractivity contribution in [3.63, 3.8) is 0 Å². The van der Waals surface area contributed by atoms with E-state index in [2.05, 4.69) is 93.7 Å². The van der Waals surface area contributed by atoms with E-state index < -0.39 is 67.3 Å². The maximum atomic E-state index is 13.2. The first-order chi connectivity index (χ1) is 38.6. The number of aliphatic hydroxyl groups is 2. The van der Waals surface area contributed by atoms with Crippen LogP contribution in [0.1, 0.15) is 278 Å². The maximum absolute atomic E-state index is 13.2. The van der Waals surface area contributed by atoms with Crippen LogP contribution in [0.5, 0.6) is 0 Å². The Bertz CT molecular complexity index is 1650. The molecule has 1 saturated heterocycles. The fraction of sp³-hybridized carbons (Fsp3) is 0.761. The highest BCUT2D eigenvalue weighted by Gasteiger charge is 2.50. The van der Waals surface area contributed by atoms with E-state index in [-0.39, 0.29) is 25.9 Å². The number of aliphatic carboxylic acids is 1. The molecule has 12 heteroatoms. The van der Waals surface area contributed by atoms with Gasteiger partial charge in [0.15, 0.2) is 24.6 Å². The number of rotatable bonds is 54. The number of carbonyl (C=O) groups is 4. The first kappa shape index (κ1) is 73.2. The first-order valence-corrected chi connectivity index (χ1v) is 31.9. The molecule has 1 aliphatic heterocycles. The summed E-state index contributed by atoms with van der Waals surface area (Å²) in [5, 5.41) is 31.5. The average Bonchev–Trinajstić information content (AvgIpc) is 3.46. The molecule has 79 heavy (non-hydrogen) atoms. The van der Waals surface area contributed by atoms with Crippen molar-refractivity contribution >= 4 is 23.9 Å². The van der Waals surface area contributed by atoms with E-state index in [4.69, 9.17) is 23.7 Å². The van der Waals surface area contributed by atoms with Gasteiger partial charge < -0.3 is 39.0 Å². The van der Waals surface area contributed by atoms with Gasteiger partial charge in [-0.25, -0.2) is 4.79 Å². The van der Waals surface area contributed by atoms with Gasteiger partial charge in [-0.15, -0.1) is 0 Å². The van der Waals surface area contributed by atoms with E-state index in [1.165, 1.54) is 116 Å². The maximum Gasteiger partial charge on any atom is 0.335 e. The van der Waals surface area contributed by atoms with Gasteiger partial charge in [-0.05, 0) is 89.9 Å². The number of ether oxygens (including phenoxy) is 5. The van der Waals surface area contributed by atoms with Gasteiger partial charge in [0, 0.05) is 19.3 Å². The molecule has 0 radical (unpaired) electrons. The zero-order valence-electron chi connectivity index (χ0n) is 50.1. The van der Waals surface area contributed by atoms with Gasteiger partial charge in [-0.3, -0.25) is 14.4 Å². The van der Waals surface area contributed by atoms with Crippen LogP contribution in [0.3, 0.4) is 0 Å². The number of aliphatic hydroxyl groups excluding tert-OH is 2. The van der Waals surface area contributed by atoms with Crippen LogP contribution < -0.4 is 0 Å². The molecule has 454 valence electrons. The third-order valence-corrected chi connectivity index (χ3v) is 14.3. The zero-order valence-corrected chi connectivity index (χ0v) is 50.1. The molecular weight excluding hydrogens is 997 g/mol. The molecule has 0 spiro atoms. The van der Waals surface area contributed by atoms with Crippen molar-refractivity contribution in [3.05, 3.63) is 72.9 Å². The van der Waals surface area contributed by atoms with Gasteiger partial charge in [0.25, 0.3) is 0 Å². The molecule has 1 heterocycles. The number of hydrogen-bond donors (Lipinski definition) is 3. The highest BCUT2D eigenvalue weighted by Crippen LogP contribution is 2.26. The summed E-state index contributed by atoms with van der Waals surface area (Å²) in [5.41, 5.74) is 0. The molecule has 3 N–H and O–H groups in total. The number of carboxylic acids is 1. The Morgan fingerprint density at radius 1 is 0.430 bits per heavy atom. The van der Waals surface area contributed by atoms with Gasteiger partial charge in [0.1, 0.15) is 18.8 Å². The Balaban J connectivity index is 2.68. The minimum atomic E-state index is -1.92. The van der Waals surface area contributed by atoms with Crippen molar-refractivity contribution in [1.82, 2.24) is 0 Å². The third-order valence-electron chi connectivity index (χ3n) is 14.3. The Morgan fingerprint density at radius 2 is 0.797 bits per heavy atom. The second-order valence-electron chi connectivity index (χ2n) is 21.7. The fourth-order valence-electron chi connectivity index (χ4n) is 9.39. The van der Waals surface area contributed by atoms with Crippen molar-refractivity contribution in [1.29, 1.82) is 0 Å². The van der Waals surface area contributed by atoms with Crippen LogP contribution in [-0.2, 0) is 42.9 Å². The van der Waals surface area contributed by atoms with Gasteiger partial charge in [-0.2, -0.15) is 0 Å². The average molecular weight is 1110 g/mol. The van der Waals surface area contributed by atoms with Gasteiger partial charge in [-0.1, -0.05) is 241 Å². The Morgan fingerprint density at radius 3 is 1.27 bits per heavy atom. The van der Waals surface area contributed by atoms with E-state index in [9.17, 15) is 34.5 Å². The molecule has 0 aliphatic carbocycles. The quantitative estimate of drug-likeness (QED) is 0.0228. The summed E-state index contributed by atoms with van der Waals surface area (Å²) < 4.78 is 28.4. The molecule has 1 rings (SSSR count). The van der Waals surface area contributed by atoms with Crippen molar-refractivity contribution in [2.24, 2.45) is 0 Å². The minimum Gasteiger partial charge on any atom is -0.479 e. The summed E-state index contributed by atoms with van der Waals surface area (Å²) in [4.78, 5) is 51.2. The van der Waals surface area contributed by atoms with Crippen LogP contribution in [-0.4, -0.2) is 89.2 Å². The molecular formula is C67H114O12. The topological polar surface area (TPSA) is 175 Å². The number of hydrogen-bond acceptors (Lipinski definition) is 11. The smallest absolute Gasteiger partial charge is 0.335 e. The Labute approximate surface area is 480 Å². The number of unbranched alkanes of at least 4 members (excludes halogenated alkanes) is 28. The summed E-state index contributed by atoms with van der Waals surface area (Å²) in [6, 6.07) is 0. The molecule has 6 atom stereocenters. The lowest BCUT2D eigenvalue weighted by atomic mass is 9.98. The molecule has 0 saturated carbocycles. The van der Waals surface area contributed by atoms with Crippen molar-refractivity contribution in [2.75, 3.05) is 13.2 Å². The monoisotopic (exact) mass is 1110 g/mol. The summed E-state index contributed by atoms with van der Waals surface area (Å²) in [7, 11) is 0. The van der Waals surface area contributed by atoms with E-state index in [1.807, 2.05) is 0 Å². The summed E-state index contributed by atoms with van der Waals surface area (Å²) in [6.07, 6.45) is 57.3. The summed E-state index contributed by atoms with van der Waals surface area (Å²) in [6.45, 7) is 5.84. The molecule has 0 bridgehead atoms. The number of allylic oxidation sites excluding steroid dienone is 12. The molecule has 0 aromatic carbocycles. The van der Waals surface area contributed by atoms with Crippen molar-refractivity contribution in [2.45, 2.75) is 314 Å². The van der Waals surface area contributed by atoms with Crippen LogP contribution in [0.4, 0.5) is 0 Å². The Hall–Kier alpha value is -3.84. The predicted molar refractivity (Wildman–Crippen MR) is 322 cm³/mol. The normalized spacial score (nSPS) is 18.3. The predicted octanol–water partition coefficient (Wildman–Crippen LogP) is 16.9. The summed E-state index contributed by atoms with van der Waals surface area (Å²) in [5.74, 6) is -3.18. The number of esters is 3. The van der Waals surface area contributed by atoms with Crippen LogP contribution in [0.2, 0.25) is 0 Å². The lowest BCUT2D eigenvalue weighted by Crippen LogP contribution is -2.61. The molecule has 1 aliphatic rings. The van der Waals surface area contributed by atoms with Gasteiger partial charge in [0.05, 0.1) is 6.61 Å². The summed E-state index contributed by atoms with van der Waals surface area (Å²) >= 11 is 0. The molecule has 6 unspecified atom stereocenters. The number of carbonyl (C=O) groups excluding carboxylic acids is 3. The van der Waals surface area contributed by atoms with E-state index in [0.717, 1.165) is 103 Å². The van der Waals surface area contributed by atoms with Crippen LogP contribution in [0.15, 0.2) is 72.9 Å². The number of carboxylic acid groups (broad SMARTS) is 1. The second-order valence-corrected chi connectivity index (χ2v) is 21.7. The molecule has 0 amide bonds. The lowest BCUT2D eigenvalue weighted by Gasteiger charge is -2.40. The first-order valence-electron chi connectivity index (χ1n) is 31.9. The minimum absolute atomic E-state index is 0.0386. The van der Waals surface area contributed by atoms with Gasteiger partial charge in [0.2, 0.25) is 0 Å². The Kier molecular flexibility index (Phi) is 50.7. The van der Waals surface area contributed by atoms with Crippen LogP contribution >= 0.6 is 0 Å². The fourth-order valence-corrected chi connectivity index (χ4v) is 9.39. The largest absolute Gasteiger partial charge is 0.479 e.